The van der Waals surface area contributed by atoms with Gasteiger partial charge in [0.15, 0.2) is 5.78 Å². The summed E-state index contributed by atoms with van der Waals surface area (Å²) in [5, 5.41) is 10.7. The van der Waals surface area contributed by atoms with Gasteiger partial charge in [-0.05, 0) is 42.3 Å². The quantitative estimate of drug-likeness (QED) is 0.727. The van der Waals surface area contributed by atoms with Crippen LogP contribution in [-0.2, 0) is 6.42 Å². The van der Waals surface area contributed by atoms with Crippen LogP contribution in [0.3, 0.4) is 0 Å². The van der Waals surface area contributed by atoms with E-state index in [9.17, 15) is 9.90 Å². The third-order valence-corrected chi connectivity index (χ3v) is 3.36. The lowest BCUT2D eigenvalue weighted by molar-refractivity contribution is 0.0980. The van der Waals surface area contributed by atoms with E-state index in [1.807, 2.05) is 24.3 Å². The number of carbonyl (C=O) groups excluding carboxylic acids is 1. The molecule has 0 aliphatic heterocycles. The Bertz CT molecular complexity index is 756. The minimum atomic E-state index is -0.0459. The molecule has 3 heteroatoms. The van der Waals surface area contributed by atoms with E-state index in [1.165, 1.54) is 6.07 Å². The number of Topliss-reactive ketones (excluding diaryl/α,β-unsaturated/α-hetero) is 1. The molecule has 20 heavy (non-hydrogen) atoms. The van der Waals surface area contributed by atoms with E-state index in [0.717, 1.165) is 16.5 Å². The van der Waals surface area contributed by atoms with Crippen LogP contribution in [0.4, 0.5) is 0 Å². The van der Waals surface area contributed by atoms with Gasteiger partial charge in [-0.3, -0.25) is 4.79 Å². The number of fused-ring (bicyclic) bond motifs is 1. The number of benzene rings is 2. The average Bonchev–Trinajstić information content (AvgIpc) is 2.92. The number of ketones is 1. The van der Waals surface area contributed by atoms with Crippen molar-refractivity contribution in [1.82, 2.24) is 0 Å². The van der Waals surface area contributed by atoms with Crippen molar-refractivity contribution >= 4 is 16.8 Å². The number of aryl methyl sites for hydroxylation is 1. The zero-order valence-electron chi connectivity index (χ0n) is 10.9. The van der Waals surface area contributed by atoms with Crippen molar-refractivity contribution in [2.24, 2.45) is 0 Å². The van der Waals surface area contributed by atoms with E-state index >= 15 is 0 Å². The number of phenolic OH excluding ortho intramolecular Hbond substituents is 1. The molecular weight excluding hydrogens is 252 g/mol. The van der Waals surface area contributed by atoms with Gasteiger partial charge in [0.05, 0.1) is 11.8 Å². The van der Waals surface area contributed by atoms with Crippen molar-refractivity contribution in [2.45, 2.75) is 12.8 Å². The number of aromatic hydroxyl groups is 1. The fourth-order valence-corrected chi connectivity index (χ4v) is 2.27. The number of phenols is 1. The minimum Gasteiger partial charge on any atom is -0.507 e. The number of furan rings is 1. The summed E-state index contributed by atoms with van der Waals surface area (Å²) in [7, 11) is 0. The van der Waals surface area contributed by atoms with E-state index in [1.54, 1.807) is 24.5 Å². The van der Waals surface area contributed by atoms with Crippen molar-refractivity contribution in [2.75, 3.05) is 0 Å². The van der Waals surface area contributed by atoms with Gasteiger partial charge in [0, 0.05) is 11.8 Å². The first-order valence-corrected chi connectivity index (χ1v) is 6.51. The predicted octanol–water partition coefficient (Wildman–Crippen LogP) is 3.95. The van der Waals surface area contributed by atoms with E-state index in [-0.39, 0.29) is 11.5 Å². The summed E-state index contributed by atoms with van der Waals surface area (Å²) in [6.07, 6.45) is 2.68. The monoisotopic (exact) mass is 266 g/mol. The Morgan fingerprint density at radius 2 is 1.95 bits per heavy atom. The SMILES string of the molecule is O=C(CCc1ccc2occc2c1)c1ccccc1O. The number of carbonyl (C=O) groups is 1. The van der Waals surface area contributed by atoms with Gasteiger partial charge in [0.1, 0.15) is 11.3 Å². The Morgan fingerprint density at radius 3 is 2.80 bits per heavy atom. The Kier molecular flexibility index (Phi) is 3.25. The summed E-state index contributed by atoms with van der Waals surface area (Å²) in [6, 6.07) is 14.4. The topological polar surface area (TPSA) is 50.4 Å². The second-order valence-corrected chi connectivity index (χ2v) is 4.73. The van der Waals surface area contributed by atoms with Gasteiger partial charge in [-0.15, -0.1) is 0 Å². The molecule has 3 rings (SSSR count). The smallest absolute Gasteiger partial charge is 0.166 e. The van der Waals surface area contributed by atoms with E-state index < -0.39 is 0 Å². The number of hydrogen-bond acceptors (Lipinski definition) is 3. The molecule has 0 atom stereocenters. The van der Waals surface area contributed by atoms with Crippen LogP contribution in [0.15, 0.2) is 59.2 Å². The third-order valence-electron chi connectivity index (χ3n) is 3.36. The molecule has 0 fully saturated rings. The molecule has 0 bridgehead atoms. The van der Waals surface area contributed by atoms with Crippen LogP contribution in [0.2, 0.25) is 0 Å². The molecule has 1 heterocycles. The lowest BCUT2D eigenvalue weighted by atomic mass is 10.0. The van der Waals surface area contributed by atoms with Crippen molar-refractivity contribution in [3.05, 3.63) is 65.9 Å². The zero-order valence-corrected chi connectivity index (χ0v) is 10.9. The molecule has 0 saturated carbocycles. The molecule has 1 aromatic heterocycles. The van der Waals surface area contributed by atoms with Gasteiger partial charge in [0.2, 0.25) is 0 Å². The molecular formula is C17H14O3. The molecule has 3 aromatic rings. The Morgan fingerprint density at radius 1 is 1.10 bits per heavy atom. The first kappa shape index (κ1) is 12.5. The highest BCUT2D eigenvalue weighted by atomic mass is 16.3. The maximum absolute atomic E-state index is 12.1. The van der Waals surface area contributed by atoms with Crippen LogP contribution in [0.25, 0.3) is 11.0 Å². The molecule has 1 N–H and O–H groups in total. The molecule has 0 amide bonds. The van der Waals surface area contributed by atoms with Gasteiger partial charge in [0.25, 0.3) is 0 Å². The zero-order chi connectivity index (χ0) is 13.9. The van der Waals surface area contributed by atoms with E-state index in [2.05, 4.69) is 0 Å². The Hall–Kier alpha value is -2.55. The highest BCUT2D eigenvalue weighted by Gasteiger charge is 2.10. The average molecular weight is 266 g/mol. The number of rotatable bonds is 4. The molecule has 0 aliphatic carbocycles. The lowest BCUT2D eigenvalue weighted by Crippen LogP contribution is -2.01. The van der Waals surface area contributed by atoms with Gasteiger partial charge in [-0.1, -0.05) is 18.2 Å². The largest absolute Gasteiger partial charge is 0.507 e. The summed E-state index contributed by atoms with van der Waals surface area (Å²) < 4.78 is 5.28. The van der Waals surface area contributed by atoms with Crippen molar-refractivity contribution in [1.29, 1.82) is 0 Å². The molecule has 0 radical (unpaired) electrons. The van der Waals surface area contributed by atoms with Gasteiger partial charge < -0.3 is 9.52 Å². The summed E-state index contributed by atoms with van der Waals surface area (Å²) >= 11 is 0. The van der Waals surface area contributed by atoms with E-state index in [0.29, 0.717) is 18.4 Å². The summed E-state index contributed by atoms with van der Waals surface area (Å²) in [5.74, 6) is -0.00169. The second-order valence-electron chi connectivity index (χ2n) is 4.73. The summed E-state index contributed by atoms with van der Waals surface area (Å²) in [4.78, 5) is 12.1. The standard InChI is InChI=1S/C17H14O3/c18-15-4-2-1-3-14(15)16(19)7-5-12-6-8-17-13(11-12)9-10-20-17/h1-4,6,8-11,18H,5,7H2. The molecule has 100 valence electrons. The highest BCUT2D eigenvalue weighted by molar-refractivity contribution is 5.98. The van der Waals surface area contributed by atoms with Crippen LogP contribution in [0, 0.1) is 0 Å². The van der Waals surface area contributed by atoms with Crippen LogP contribution < -0.4 is 0 Å². The first-order chi connectivity index (χ1) is 9.74. The molecule has 0 saturated heterocycles. The molecule has 0 spiro atoms. The molecule has 3 nitrogen and oxygen atoms in total. The maximum Gasteiger partial charge on any atom is 0.166 e. The Balaban J connectivity index is 1.73. The fourth-order valence-electron chi connectivity index (χ4n) is 2.27. The van der Waals surface area contributed by atoms with Crippen molar-refractivity contribution in [3.8, 4) is 5.75 Å². The predicted molar refractivity (Wildman–Crippen MR) is 77.0 cm³/mol. The molecule has 0 aliphatic rings. The first-order valence-electron chi connectivity index (χ1n) is 6.51. The lowest BCUT2D eigenvalue weighted by Gasteiger charge is -2.04. The fraction of sp³-hybridized carbons (Fsp3) is 0.118. The number of hydrogen-bond donors (Lipinski definition) is 1. The van der Waals surface area contributed by atoms with Crippen molar-refractivity contribution in [3.63, 3.8) is 0 Å². The van der Waals surface area contributed by atoms with Gasteiger partial charge >= 0.3 is 0 Å². The van der Waals surface area contributed by atoms with Crippen LogP contribution in [0.1, 0.15) is 22.3 Å². The third kappa shape index (κ3) is 2.43. The van der Waals surface area contributed by atoms with Crippen molar-refractivity contribution < 1.29 is 14.3 Å². The highest BCUT2D eigenvalue weighted by Crippen LogP contribution is 2.21. The van der Waals surface area contributed by atoms with Crippen LogP contribution in [-0.4, -0.2) is 10.9 Å². The minimum absolute atomic E-state index is 0.0442. The number of para-hydroxylation sites is 1. The maximum atomic E-state index is 12.1. The van der Waals surface area contributed by atoms with Gasteiger partial charge in [-0.25, -0.2) is 0 Å². The van der Waals surface area contributed by atoms with E-state index in [4.69, 9.17) is 4.42 Å². The normalized spacial score (nSPS) is 10.8. The van der Waals surface area contributed by atoms with Crippen LogP contribution >= 0.6 is 0 Å². The molecule has 2 aromatic carbocycles. The second kappa shape index (κ2) is 5.21. The van der Waals surface area contributed by atoms with Gasteiger partial charge in [-0.2, -0.15) is 0 Å². The van der Waals surface area contributed by atoms with Crippen LogP contribution in [0.5, 0.6) is 5.75 Å². The Labute approximate surface area is 116 Å². The summed E-state index contributed by atoms with van der Waals surface area (Å²) in [6.45, 7) is 0. The summed E-state index contributed by atoms with van der Waals surface area (Å²) in [5.41, 5.74) is 2.32. The molecule has 0 unspecified atom stereocenters.